The summed E-state index contributed by atoms with van der Waals surface area (Å²) >= 11 is 13.3. The van der Waals surface area contributed by atoms with Crippen LogP contribution in [0.2, 0.25) is 10.2 Å². The highest BCUT2D eigenvalue weighted by Crippen LogP contribution is 2.39. The van der Waals surface area contributed by atoms with Crippen molar-refractivity contribution in [3.05, 3.63) is 40.3 Å². The lowest BCUT2D eigenvalue weighted by atomic mass is 9.93. The summed E-state index contributed by atoms with van der Waals surface area (Å²) < 4.78 is 7.38. The number of rotatable bonds is 5. The highest BCUT2D eigenvalue weighted by molar-refractivity contribution is 6.32. The van der Waals surface area contributed by atoms with Crippen LogP contribution in [0.5, 0.6) is 0 Å². The molecule has 0 atom stereocenters. The largest absolute Gasteiger partial charge is 0.377 e. The third-order valence-corrected chi connectivity index (χ3v) is 8.58. The number of likely N-dealkylation sites (tertiary alicyclic amines) is 1. The minimum atomic E-state index is 0.195. The van der Waals surface area contributed by atoms with Crippen molar-refractivity contribution in [1.29, 1.82) is 0 Å². The molecule has 0 unspecified atom stereocenters. The Bertz CT molecular complexity index is 1200. The second-order valence-corrected chi connectivity index (χ2v) is 11.0. The van der Waals surface area contributed by atoms with E-state index in [4.69, 9.17) is 32.9 Å². The van der Waals surface area contributed by atoms with E-state index in [1.165, 1.54) is 31.2 Å². The summed E-state index contributed by atoms with van der Waals surface area (Å²) in [6, 6.07) is 4.41. The van der Waals surface area contributed by atoms with Gasteiger partial charge in [0.1, 0.15) is 0 Å². The van der Waals surface area contributed by atoms with Crippen LogP contribution in [0.4, 0.5) is 11.6 Å². The molecule has 0 bridgehead atoms. The Morgan fingerprint density at radius 2 is 1.82 bits per heavy atom. The minimum absolute atomic E-state index is 0.195. The maximum Gasteiger partial charge on any atom is 0.227 e. The van der Waals surface area contributed by atoms with Crippen LogP contribution in [0.15, 0.2) is 24.5 Å². The zero-order chi connectivity index (χ0) is 23.3. The Kier molecular flexibility index (Phi) is 5.92. The molecule has 0 spiro atoms. The molecule has 180 valence electrons. The van der Waals surface area contributed by atoms with Gasteiger partial charge >= 0.3 is 0 Å². The number of nitrogens with one attached hydrogen (secondary N) is 1. The number of aromatic nitrogens is 4. The Morgan fingerprint density at radius 3 is 2.53 bits per heavy atom. The second kappa shape index (κ2) is 8.94. The SMILES string of the molecule is CC1(N2CCC(n3ncc(Nc4ncc5cc(Cl)c(C6CCCC6)cc5n4)c3Cl)CC2)COC1. The fraction of sp³-hybridized carbons (Fsp3) is 0.560. The highest BCUT2D eigenvalue weighted by Gasteiger charge is 2.41. The smallest absolute Gasteiger partial charge is 0.227 e. The van der Waals surface area contributed by atoms with E-state index in [9.17, 15) is 0 Å². The number of piperidine rings is 1. The van der Waals surface area contributed by atoms with Gasteiger partial charge in [0.25, 0.3) is 0 Å². The molecule has 34 heavy (non-hydrogen) atoms. The Balaban J connectivity index is 1.18. The number of hydrogen-bond donors (Lipinski definition) is 1. The molecule has 2 saturated heterocycles. The molecule has 1 saturated carbocycles. The van der Waals surface area contributed by atoms with Gasteiger partial charge in [0, 0.05) is 29.7 Å². The first-order chi connectivity index (χ1) is 16.5. The maximum absolute atomic E-state index is 6.75. The molecule has 1 aromatic carbocycles. The van der Waals surface area contributed by atoms with E-state index >= 15 is 0 Å². The van der Waals surface area contributed by atoms with Crippen LogP contribution in [0, 0.1) is 0 Å². The zero-order valence-corrected chi connectivity index (χ0v) is 20.9. The molecule has 9 heteroatoms. The van der Waals surface area contributed by atoms with Crippen LogP contribution in [-0.2, 0) is 4.74 Å². The van der Waals surface area contributed by atoms with Gasteiger partial charge in [-0.15, -0.1) is 0 Å². The van der Waals surface area contributed by atoms with E-state index in [-0.39, 0.29) is 11.6 Å². The first-order valence-electron chi connectivity index (χ1n) is 12.3. The molecule has 3 aliphatic rings. The quantitative estimate of drug-likeness (QED) is 0.465. The number of nitrogens with zero attached hydrogens (tertiary/aromatic N) is 5. The van der Waals surface area contributed by atoms with Crippen LogP contribution >= 0.6 is 23.2 Å². The van der Waals surface area contributed by atoms with Crippen molar-refractivity contribution >= 4 is 45.7 Å². The highest BCUT2D eigenvalue weighted by atomic mass is 35.5. The molecule has 3 fully saturated rings. The van der Waals surface area contributed by atoms with Gasteiger partial charge in [-0.3, -0.25) is 4.90 Å². The minimum Gasteiger partial charge on any atom is -0.377 e. The molecule has 3 aromatic rings. The topological polar surface area (TPSA) is 68.1 Å². The van der Waals surface area contributed by atoms with Gasteiger partial charge in [0.15, 0.2) is 5.15 Å². The molecule has 4 heterocycles. The van der Waals surface area contributed by atoms with Crippen molar-refractivity contribution in [2.75, 3.05) is 31.6 Å². The first kappa shape index (κ1) is 22.5. The van der Waals surface area contributed by atoms with Gasteiger partial charge in [-0.1, -0.05) is 36.0 Å². The van der Waals surface area contributed by atoms with Gasteiger partial charge in [-0.25, -0.2) is 14.6 Å². The predicted octanol–water partition coefficient (Wildman–Crippen LogP) is 5.96. The van der Waals surface area contributed by atoms with E-state index in [2.05, 4.69) is 33.3 Å². The lowest BCUT2D eigenvalue weighted by Crippen LogP contribution is -2.61. The van der Waals surface area contributed by atoms with Crippen molar-refractivity contribution in [2.45, 2.75) is 62.9 Å². The Labute approximate surface area is 209 Å². The number of ether oxygens (including phenoxy) is 1. The summed E-state index contributed by atoms with van der Waals surface area (Å²) in [7, 11) is 0. The third kappa shape index (κ3) is 4.06. The van der Waals surface area contributed by atoms with Gasteiger partial charge < -0.3 is 10.1 Å². The summed E-state index contributed by atoms with van der Waals surface area (Å²) in [6.07, 6.45) is 10.6. The number of hydrogen-bond acceptors (Lipinski definition) is 6. The predicted molar refractivity (Wildman–Crippen MR) is 135 cm³/mol. The Morgan fingerprint density at radius 1 is 1.06 bits per heavy atom. The fourth-order valence-electron chi connectivity index (χ4n) is 5.71. The van der Waals surface area contributed by atoms with E-state index in [0.717, 1.165) is 60.8 Å². The van der Waals surface area contributed by atoms with E-state index in [1.54, 1.807) is 6.20 Å². The van der Waals surface area contributed by atoms with Crippen LogP contribution < -0.4 is 5.32 Å². The van der Waals surface area contributed by atoms with E-state index in [1.807, 2.05) is 16.9 Å². The molecule has 0 radical (unpaired) electrons. The van der Waals surface area contributed by atoms with Gasteiger partial charge in [0.05, 0.1) is 42.2 Å². The van der Waals surface area contributed by atoms with Gasteiger partial charge in [0.2, 0.25) is 5.95 Å². The van der Waals surface area contributed by atoms with Crippen molar-refractivity contribution in [2.24, 2.45) is 0 Å². The molecule has 0 amide bonds. The van der Waals surface area contributed by atoms with Crippen LogP contribution in [0.25, 0.3) is 10.9 Å². The van der Waals surface area contributed by atoms with Crippen LogP contribution in [-0.4, -0.2) is 56.5 Å². The van der Waals surface area contributed by atoms with Crippen molar-refractivity contribution < 1.29 is 4.74 Å². The number of halogens is 2. The zero-order valence-electron chi connectivity index (χ0n) is 19.4. The second-order valence-electron chi connectivity index (χ2n) is 10.2. The molecule has 1 N–H and O–H groups in total. The standard InChI is InChI=1S/C25H30Cl2N6O/c1-25(14-34-15-25)32-8-6-18(7-9-32)33-23(27)22(13-29-33)31-24-28-12-17-10-20(26)19(11-21(17)30-24)16-4-2-3-5-16/h10-13,16,18H,2-9,14-15H2,1H3,(H,28,30,31). The van der Waals surface area contributed by atoms with E-state index in [0.29, 0.717) is 17.0 Å². The molecular formula is C25H30Cl2N6O. The summed E-state index contributed by atoms with van der Waals surface area (Å²) in [6.45, 7) is 6.00. The van der Waals surface area contributed by atoms with Crippen LogP contribution in [0.3, 0.4) is 0 Å². The molecule has 2 aromatic heterocycles. The summed E-state index contributed by atoms with van der Waals surface area (Å²) in [4.78, 5) is 11.8. The van der Waals surface area contributed by atoms with Crippen molar-refractivity contribution in [1.82, 2.24) is 24.6 Å². The average Bonchev–Trinajstić information content (AvgIpc) is 3.48. The van der Waals surface area contributed by atoms with Crippen molar-refractivity contribution in [3.8, 4) is 0 Å². The summed E-state index contributed by atoms with van der Waals surface area (Å²) in [5, 5.41) is 10.2. The molecule has 2 aliphatic heterocycles. The number of anilines is 2. The molecule has 1 aliphatic carbocycles. The molecule has 6 rings (SSSR count). The van der Waals surface area contributed by atoms with Crippen molar-refractivity contribution in [3.63, 3.8) is 0 Å². The van der Waals surface area contributed by atoms with Gasteiger partial charge in [-0.05, 0) is 56.2 Å². The average molecular weight is 501 g/mol. The monoisotopic (exact) mass is 500 g/mol. The lowest BCUT2D eigenvalue weighted by molar-refractivity contribution is -0.137. The third-order valence-electron chi connectivity index (χ3n) is 7.87. The van der Waals surface area contributed by atoms with Gasteiger partial charge in [-0.2, -0.15) is 5.10 Å². The number of benzene rings is 1. The first-order valence-corrected chi connectivity index (χ1v) is 13.0. The molecular weight excluding hydrogens is 471 g/mol. The molecule has 7 nitrogen and oxygen atoms in total. The van der Waals surface area contributed by atoms with Crippen LogP contribution in [0.1, 0.15) is 63.0 Å². The summed E-state index contributed by atoms with van der Waals surface area (Å²) in [5.41, 5.74) is 3.03. The summed E-state index contributed by atoms with van der Waals surface area (Å²) in [5.74, 6) is 1.04. The van der Waals surface area contributed by atoms with E-state index < -0.39 is 0 Å². The Hall–Kier alpha value is -1.93. The normalized spacial score (nSPS) is 21.7. The lowest BCUT2D eigenvalue weighted by Gasteiger charge is -2.49. The fourth-order valence-corrected chi connectivity index (χ4v) is 6.32. The number of fused-ring (bicyclic) bond motifs is 1. The maximum atomic E-state index is 6.75.